The monoisotopic (exact) mass is 468 g/mol. The summed E-state index contributed by atoms with van der Waals surface area (Å²) >= 11 is 8.34. The van der Waals surface area contributed by atoms with E-state index in [0.29, 0.717) is 22.8 Å². The topological polar surface area (TPSA) is 61.7 Å². The van der Waals surface area contributed by atoms with Crippen LogP contribution in [-0.4, -0.2) is 23.8 Å². The predicted octanol–water partition coefficient (Wildman–Crippen LogP) is 5.14. The molecule has 0 saturated heterocycles. The number of amides is 1. The molecule has 2 N–H and O–H groups in total. The fourth-order valence-corrected chi connectivity index (χ4v) is 2.61. The number of nitrogens with one attached hydrogen (secondary N) is 1. The SMILES string of the molecule is CCCNC(=O)C(C=Nc1ccc(I)cc1)=C(O)c1ccccc1Cl. The summed E-state index contributed by atoms with van der Waals surface area (Å²) in [4.78, 5) is 16.7. The number of carbonyl (C=O) groups is 1. The molecule has 25 heavy (non-hydrogen) atoms. The Morgan fingerprint density at radius 1 is 1.24 bits per heavy atom. The number of benzene rings is 2. The largest absolute Gasteiger partial charge is 0.506 e. The van der Waals surface area contributed by atoms with Gasteiger partial charge in [-0.05, 0) is 65.4 Å². The van der Waals surface area contributed by atoms with Crippen LogP contribution in [0.2, 0.25) is 5.02 Å². The number of aliphatic imine (C=N–C) groups is 1. The van der Waals surface area contributed by atoms with E-state index in [1.807, 2.05) is 31.2 Å². The van der Waals surface area contributed by atoms with Gasteiger partial charge in [0.25, 0.3) is 5.91 Å². The minimum Gasteiger partial charge on any atom is -0.506 e. The Hall–Kier alpha value is -1.86. The lowest BCUT2D eigenvalue weighted by Gasteiger charge is -2.09. The number of carbonyl (C=O) groups excluding carboxylic acids is 1. The average Bonchev–Trinajstić information content (AvgIpc) is 2.61. The maximum Gasteiger partial charge on any atom is 0.256 e. The summed E-state index contributed by atoms with van der Waals surface area (Å²) in [5.41, 5.74) is 1.15. The molecule has 0 spiro atoms. The van der Waals surface area contributed by atoms with Crippen molar-refractivity contribution in [2.75, 3.05) is 6.54 Å². The molecular weight excluding hydrogens is 451 g/mol. The van der Waals surface area contributed by atoms with Crippen LogP contribution < -0.4 is 5.32 Å². The van der Waals surface area contributed by atoms with E-state index < -0.39 is 5.91 Å². The van der Waals surface area contributed by atoms with Gasteiger partial charge in [-0.2, -0.15) is 0 Å². The molecule has 0 heterocycles. The zero-order valence-electron chi connectivity index (χ0n) is 13.7. The minimum absolute atomic E-state index is 0.0695. The van der Waals surface area contributed by atoms with Crippen molar-refractivity contribution in [1.29, 1.82) is 0 Å². The number of hydrogen-bond donors (Lipinski definition) is 2. The van der Waals surface area contributed by atoms with Gasteiger partial charge in [-0.15, -0.1) is 0 Å². The summed E-state index contributed by atoms with van der Waals surface area (Å²) in [5, 5.41) is 13.7. The Morgan fingerprint density at radius 2 is 1.92 bits per heavy atom. The fraction of sp³-hybridized carbons (Fsp3) is 0.158. The van der Waals surface area contributed by atoms with Crippen molar-refractivity contribution in [2.45, 2.75) is 13.3 Å². The maximum atomic E-state index is 12.4. The van der Waals surface area contributed by atoms with Gasteiger partial charge in [-0.1, -0.05) is 30.7 Å². The summed E-state index contributed by atoms with van der Waals surface area (Å²) in [6.45, 7) is 2.47. The highest BCUT2D eigenvalue weighted by molar-refractivity contribution is 14.1. The van der Waals surface area contributed by atoms with Crippen LogP contribution in [0.15, 0.2) is 59.1 Å². The molecular formula is C19H18ClIN2O2. The third-order valence-corrected chi connectivity index (χ3v) is 4.38. The van der Waals surface area contributed by atoms with Gasteiger partial charge < -0.3 is 10.4 Å². The number of halogens is 2. The summed E-state index contributed by atoms with van der Waals surface area (Å²) in [7, 11) is 0. The van der Waals surface area contributed by atoms with E-state index in [2.05, 4.69) is 32.9 Å². The van der Waals surface area contributed by atoms with Gasteiger partial charge >= 0.3 is 0 Å². The van der Waals surface area contributed by atoms with Crippen LogP contribution in [0.1, 0.15) is 18.9 Å². The van der Waals surface area contributed by atoms with E-state index in [4.69, 9.17) is 11.6 Å². The second-order valence-electron chi connectivity index (χ2n) is 5.23. The Bertz CT molecular complexity index is 801. The van der Waals surface area contributed by atoms with Crippen LogP contribution >= 0.6 is 34.2 Å². The molecule has 0 bridgehead atoms. The summed E-state index contributed by atoms with van der Waals surface area (Å²) in [6, 6.07) is 14.3. The van der Waals surface area contributed by atoms with E-state index in [-0.39, 0.29) is 11.3 Å². The van der Waals surface area contributed by atoms with Crippen molar-refractivity contribution < 1.29 is 9.90 Å². The standard InChI is InChI=1S/C19H18ClIN2O2/c1-2-11-22-19(25)16(12-23-14-9-7-13(21)8-10-14)18(24)15-5-3-4-6-17(15)20/h3-10,12,24H,2,11H2,1H3,(H,22,25). The molecule has 4 nitrogen and oxygen atoms in total. The molecule has 0 aromatic heterocycles. The Balaban J connectivity index is 2.42. The van der Waals surface area contributed by atoms with Crippen LogP contribution in [0.4, 0.5) is 5.69 Å². The third-order valence-electron chi connectivity index (χ3n) is 3.33. The highest BCUT2D eigenvalue weighted by atomic mass is 127. The number of hydrogen-bond acceptors (Lipinski definition) is 3. The molecule has 0 unspecified atom stereocenters. The van der Waals surface area contributed by atoms with Crippen molar-refractivity contribution in [3.63, 3.8) is 0 Å². The van der Waals surface area contributed by atoms with E-state index in [1.54, 1.807) is 24.3 Å². The van der Waals surface area contributed by atoms with Crippen molar-refractivity contribution in [2.24, 2.45) is 4.99 Å². The van der Waals surface area contributed by atoms with Crippen molar-refractivity contribution in [3.05, 3.63) is 68.3 Å². The summed E-state index contributed by atoms with van der Waals surface area (Å²) < 4.78 is 1.09. The first-order valence-electron chi connectivity index (χ1n) is 7.79. The zero-order valence-corrected chi connectivity index (χ0v) is 16.6. The number of nitrogens with zero attached hydrogens (tertiary/aromatic N) is 1. The molecule has 0 atom stereocenters. The van der Waals surface area contributed by atoms with Crippen LogP contribution in [0.25, 0.3) is 5.76 Å². The fourth-order valence-electron chi connectivity index (χ4n) is 2.03. The molecule has 0 radical (unpaired) electrons. The zero-order chi connectivity index (χ0) is 18.2. The Labute approximate surface area is 165 Å². The molecule has 6 heteroatoms. The van der Waals surface area contributed by atoms with Crippen LogP contribution in [0, 0.1) is 3.57 Å². The number of aliphatic hydroxyl groups is 1. The van der Waals surface area contributed by atoms with E-state index in [1.165, 1.54) is 6.21 Å². The van der Waals surface area contributed by atoms with Gasteiger partial charge in [0.2, 0.25) is 0 Å². The summed E-state index contributed by atoms with van der Waals surface area (Å²) in [5.74, 6) is -0.595. The highest BCUT2D eigenvalue weighted by Gasteiger charge is 2.16. The molecule has 0 aliphatic rings. The van der Waals surface area contributed by atoms with Gasteiger partial charge in [0.15, 0.2) is 0 Å². The van der Waals surface area contributed by atoms with Gasteiger partial charge in [0.1, 0.15) is 5.76 Å². The Morgan fingerprint density at radius 3 is 2.56 bits per heavy atom. The van der Waals surface area contributed by atoms with Crippen LogP contribution in [-0.2, 0) is 4.79 Å². The van der Waals surface area contributed by atoms with Gasteiger partial charge in [-0.3, -0.25) is 9.79 Å². The first-order chi connectivity index (χ1) is 12.0. The predicted molar refractivity (Wildman–Crippen MR) is 112 cm³/mol. The molecule has 0 aliphatic carbocycles. The molecule has 0 saturated carbocycles. The second-order valence-corrected chi connectivity index (χ2v) is 6.89. The lowest BCUT2D eigenvalue weighted by Crippen LogP contribution is -2.27. The second kappa shape index (κ2) is 9.58. The first-order valence-corrected chi connectivity index (χ1v) is 9.24. The smallest absolute Gasteiger partial charge is 0.256 e. The van der Waals surface area contributed by atoms with Crippen molar-refractivity contribution in [3.8, 4) is 0 Å². The van der Waals surface area contributed by atoms with Crippen LogP contribution in [0.3, 0.4) is 0 Å². The first kappa shape index (κ1) is 19.5. The van der Waals surface area contributed by atoms with Gasteiger partial charge in [0, 0.05) is 21.9 Å². The molecule has 130 valence electrons. The third kappa shape index (κ3) is 5.57. The number of aliphatic hydroxyl groups excluding tert-OH is 1. The van der Waals surface area contributed by atoms with E-state index in [9.17, 15) is 9.90 Å². The van der Waals surface area contributed by atoms with Crippen molar-refractivity contribution in [1.82, 2.24) is 5.32 Å². The van der Waals surface area contributed by atoms with E-state index in [0.717, 1.165) is 9.99 Å². The van der Waals surface area contributed by atoms with Gasteiger partial charge in [0.05, 0.1) is 16.3 Å². The molecule has 2 rings (SSSR count). The Kier molecular flexibility index (Phi) is 7.46. The average molecular weight is 469 g/mol. The molecule has 2 aromatic carbocycles. The molecule has 1 amide bonds. The molecule has 0 fully saturated rings. The normalized spacial score (nSPS) is 12.1. The lowest BCUT2D eigenvalue weighted by atomic mass is 10.1. The minimum atomic E-state index is -0.395. The lowest BCUT2D eigenvalue weighted by molar-refractivity contribution is -0.116. The number of rotatable bonds is 6. The highest BCUT2D eigenvalue weighted by Crippen LogP contribution is 2.24. The molecule has 2 aromatic rings. The molecule has 0 aliphatic heterocycles. The van der Waals surface area contributed by atoms with Gasteiger partial charge in [-0.25, -0.2) is 0 Å². The maximum absolute atomic E-state index is 12.4. The quantitative estimate of drug-likeness (QED) is 0.267. The van der Waals surface area contributed by atoms with E-state index >= 15 is 0 Å². The summed E-state index contributed by atoms with van der Waals surface area (Å²) in [6.07, 6.45) is 2.16. The van der Waals surface area contributed by atoms with Crippen molar-refractivity contribution >= 4 is 57.8 Å². The van der Waals surface area contributed by atoms with Crippen LogP contribution in [0.5, 0.6) is 0 Å².